The minimum Gasteiger partial charge on any atom is -0.386 e. The van der Waals surface area contributed by atoms with Gasteiger partial charge in [-0.15, -0.1) is 13.2 Å². The van der Waals surface area contributed by atoms with Gasteiger partial charge in [-0.05, 0) is 35.9 Å². The summed E-state index contributed by atoms with van der Waals surface area (Å²) in [4.78, 5) is 13.4. The molecule has 0 aliphatic carbocycles. The number of fused-ring (bicyclic) bond motifs is 1. The zero-order valence-electron chi connectivity index (χ0n) is 19.8. The fourth-order valence-electron chi connectivity index (χ4n) is 4.12. The Morgan fingerprint density at radius 3 is 2.44 bits per heavy atom. The van der Waals surface area contributed by atoms with Crippen molar-refractivity contribution in [2.75, 3.05) is 35.8 Å². The number of nitrogens with zero attached hydrogens (tertiary/aromatic N) is 4. The highest BCUT2D eigenvalue weighted by Crippen LogP contribution is 2.35. The Morgan fingerprint density at radius 1 is 0.949 bits per heavy atom. The van der Waals surface area contributed by atoms with Crippen molar-refractivity contribution >= 4 is 32.4 Å². The molecule has 3 heterocycles. The first-order chi connectivity index (χ1) is 18.5. The van der Waals surface area contributed by atoms with Gasteiger partial charge in [-0.3, -0.25) is 4.72 Å². The summed E-state index contributed by atoms with van der Waals surface area (Å²) in [6.07, 6.45) is -2.69. The van der Waals surface area contributed by atoms with E-state index in [2.05, 4.69) is 29.9 Å². The Kier molecular flexibility index (Phi) is 6.94. The molecule has 0 amide bonds. The number of sulfonamides is 1. The number of rotatable bonds is 6. The Hall–Kier alpha value is -4.11. The number of ether oxygens (including phenoxy) is 1. The van der Waals surface area contributed by atoms with E-state index in [0.29, 0.717) is 53.6 Å². The van der Waals surface area contributed by atoms with Crippen molar-refractivity contribution in [3.8, 4) is 17.0 Å². The van der Waals surface area contributed by atoms with Crippen LogP contribution in [0.5, 0.6) is 5.88 Å². The second kappa shape index (κ2) is 10.2. The van der Waals surface area contributed by atoms with Crippen molar-refractivity contribution in [1.82, 2.24) is 20.3 Å². The number of hydrogen-bond acceptors (Lipinski definition) is 8. The third kappa shape index (κ3) is 5.83. The van der Waals surface area contributed by atoms with Crippen LogP contribution < -0.4 is 19.7 Å². The van der Waals surface area contributed by atoms with Gasteiger partial charge in [-0.2, -0.15) is 0 Å². The van der Waals surface area contributed by atoms with Crippen molar-refractivity contribution in [2.24, 2.45) is 0 Å². The molecule has 0 atom stereocenters. The van der Waals surface area contributed by atoms with Crippen molar-refractivity contribution in [1.29, 1.82) is 0 Å². The van der Waals surface area contributed by atoms with Crippen molar-refractivity contribution in [3.05, 3.63) is 66.6 Å². The molecule has 4 aromatic rings. The van der Waals surface area contributed by atoms with E-state index in [-0.39, 0.29) is 5.56 Å². The first-order valence-electron chi connectivity index (χ1n) is 11.4. The van der Waals surface area contributed by atoms with Crippen molar-refractivity contribution in [2.45, 2.75) is 11.3 Å². The number of hydrogen-bond donors (Lipinski definition) is 2. The van der Waals surface area contributed by atoms with Crippen LogP contribution in [0.2, 0.25) is 0 Å². The Bertz CT molecular complexity index is 1650. The normalized spacial score (nSPS) is 14.4. The molecular formula is C24H19F5N6O3S. The summed E-state index contributed by atoms with van der Waals surface area (Å²) in [6, 6.07) is 7.80. The SMILES string of the molecule is O=S(=O)(Nc1cc(-c2ccc3ncnc(N4CCNCC4)c3c2)cnc1OC(F)(F)F)c1ccc(F)cc1F. The van der Waals surface area contributed by atoms with Crippen LogP contribution in [-0.2, 0) is 10.0 Å². The predicted octanol–water partition coefficient (Wildman–Crippen LogP) is 4.08. The maximum atomic E-state index is 14.2. The van der Waals surface area contributed by atoms with Gasteiger partial charge >= 0.3 is 6.36 Å². The van der Waals surface area contributed by atoms with Crippen LogP contribution in [-0.4, -0.2) is 55.9 Å². The number of pyridine rings is 1. The van der Waals surface area contributed by atoms with Gasteiger partial charge in [0.2, 0.25) is 5.88 Å². The van der Waals surface area contributed by atoms with Crippen molar-refractivity contribution in [3.63, 3.8) is 0 Å². The minimum atomic E-state index is -5.20. The maximum Gasteiger partial charge on any atom is 0.574 e. The monoisotopic (exact) mass is 566 g/mol. The van der Waals surface area contributed by atoms with Gasteiger partial charge in [-0.1, -0.05) is 6.07 Å². The van der Waals surface area contributed by atoms with Gasteiger partial charge in [0.05, 0.1) is 5.52 Å². The summed E-state index contributed by atoms with van der Waals surface area (Å²) in [5.74, 6) is -2.90. The molecule has 0 bridgehead atoms. The average molecular weight is 567 g/mol. The molecule has 39 heavy (non-hydrogen) atoms. The van der Waals surface area contributed by atoms with Crippen LogP contribution in [0.4, 0.5) is 33.5 Å². The van der Waals surface area contributed by atoms with E-state index in [0.717, 1.165) is 25.4 Å². The van der Waals surface area contributed by atoms with Crippen LogP contribution in [0, 0.1) is 11.6 Å². The van der Waals surface area contributed by atoms with Crippen LogP contribution >= 0.6 is 0 Å². The lowest BCUT2D eigenvalue weighted by molar-refractivity contribution is -0.275. The highest BCUT2D eigenvalue weighted by atomic mass is 32.2. The molecule has 5 rings (SSSR count). The topological polar surface area (TPSA) is 109 Å². The largest absolute Gasteiger partial charge is 0.574 e. The molecule has 0 saturated carbocycles. The van der Waals surface area contributed by atoms with E-state index >= 15 is 0 Å². The van der Waals surface area contributed by atoms with Gasteiger partial charge in [0.1, 0.15) is 34.4 Å². The molecule has 15 heteroatoms. The third-order valence-corrected chi connectivity index (χ3v) is 7.25. The third-order valence-electron chi connectivity index (χ3n) is 5.86. The fourth-order valence-corrected chi connectivity index (χ4v) is 5.23. The lowest BCUT2D eigenvalue weighted by Crippen LogP contribution is -2.44. The van der Waals surface area contributed by atoms with Gasteiger partial charge in [0, 0.05) is 49.4 Å². The summed E-state index contributed by atoms with van der Waals surface area (Å²) in [7, 11) is -4.81. The molecular weight excluding hydrogens is 547 g/mol. The summed E-state index contributed by atoms with van der Waals surface area (Å²) >= 11 is 0. The fraction of sp³-hybridized carbons (Fsp3) is 0.208. The molecule has 204 valence electrons. The molecule has 9 nitrogen and oxygen atoms in total. The van der Waals surface area contributed by atoms with E-state index in [9.17, 15) is 30.4 Å². The Balaban J connectivity index is 1.58. The van der Waals surface area contributed by atoms with Gasteiger partial charge < -0.3 is 15.0 Å². The molecule has 0 spiro atoms. The Morgan fingerprint density at radius 2 is 1.72 bits per heavy atom. The molecule has 2 aromatic heterocycles. The number of benzene rings is 2. The lowest BCUT2D eigenvalue weighted by Gasteiger charge is -2.29. The number of halogens is 5. The molecule has 1 fully saturated rings. The first kappa shape index (κ1) is 26.5. The Labute approximate surface area is 218 Å². The van der Waals surface area contributed by atoms with Gasteiger partial charge in [-0.25, -0.2) is 32.2 Å². The second-order valence-corrected chi connectivity index (χ2v) is 10.1. The van der Waals surface area contributed by atoms with Crippen LogP contribution in [0.1, 0.15) is 0 Å². The van der Waals surface area contributed by atoms with E-state index in [1.165, 1.54) is 6.33 Å². The second-order valence-electron chi connectivity index (χ2n) is 8.47. The predicted molar refractivity (Wildman–Crippen MR) is 132 cm³/mol. The molecule has 2 aromatic carbocycles. The smallest absolute Gasteiger partial charge is 0.386 e. The lowest BCUT2D eigenvalue weighted by atomic mass is 10.0. The first-order valence-corrected chi connectivity index (χ1v) is 12.9. The molecule has 1 aliphatic heterocycles. The summed E-state index contributed by atoms with van der Waals surface area (Å²) < 4.78 is 98.0. The molecule has 2 N–H and O–H groups in total. The summed E-state index contributed by atoms with van der Waals surface area (Å²) in [5.41, 5.74) is 0.604. The molecule has 1 saturated heterocycles. The van der Waals surface area contributed by atoms with Gasteiger partial charge in [0.15, 0.2) is 0 Å². The summed E-state index contributed by atoms with van der Waals surface area (Å²) in [5, 5.41) is 3.92. The van der Waals surface area contributed by atoms with E-state index in [4.69, 9.17) is 0 Å². The molecule has 0 radical (unpaired) electrons. The zero-order chi connectivity index (χ0) is 27.8. The van der Waals surface area contributed by atoms with Crippen LogP contribution in [0.25, 0.3) is 22.0 Å². The average Bonchev–Trinajstić information content (AvgIpc) is 2.88. The van der Waals surface area contributed by atoms with Gasteiger partial charge in [0.25, 0.3) is 10.0 Å². The number of nitrogens with one attached hydrogen (secondary N) is 2. The maximum absolute atomic E-state index is 14.2. The van der Waals surface area contributed by atoms with Crippen molar-refractivity contribution < 1.29 is 35.1 Å². The van der Waals surface area contributed by atoms with Crippen LogP contribution in [0.15, 0.2) is 59.9 Å². The van der Waals surface area contributed by atoms with Crippen LogP contribution in [0.3, 0.4) is 0 Å². The van der Waals surface area contributed by atoms with E-state index in [1.54, 1.807) is 18.2 Å². The highest BCUT2D eigenvalue weighted by molar-refractivity contribution is 7.92. The highest BCUT2D eigenvalue weighted by Gasteiger charge is 2.34. The van der Waals surface area contributed by atoms with E-state index in [1.807, 2.05) is 4.72 Å². The number of anilines is 2. The van der Waals surface area contributed by atoms with E-state index < -0.39 is 44.5 Å². The zero-order valence-corrected chi connectivity index (χ0v) is 20.7. The molecule has 0 unspecified atom stereocenters. The number of alkyl halides is 3. The number of aromatic nitrogens is 3. The standard InChI is InChI=1S/C24H19F5N6O3S/c25-16-2-4-21(18(26)11-16)39(36,37)34-20-10-15(12-31-23(20)38-24(27,28)29)14-1-3-19-17(9-14)22(33-13-32-19)35-7-5-30-6-8-35/h1-4,9-13,30,34H,5-8H2. The number of piperazine rings is 1. The summed E-state index contributed by atoms with van der Waals surface area (Å²) in [6.45, 7) is 2.92. The quantitative estimate of drug-likeness (QED) is 0.336. The minimum absolute atomic E-state index is 0.221. The molecule has 1 aliphatic rings.